The first-order valence-electron chi connectivity index (χ1n) is 15.0. The SMILES string of the molecule is CCCCC(=O)C1=CC=C(C(CCC)N2C(=O)C(c3cccc(C(F)(F)F)c3)=NC23CCC(C(C)C)CC3)CC1. The number of amides is 1. The van der Waals surface area contributed by atoms with Crippen molar-refractivity contribution in [2.75, 3.05) is 0 Å². The molecule has 1 aromatic rings. The van der Waals surface area contributed by atoms with Crippen LogP contribution in [0.25, 0.3) is 0 Å². The molecule has 0 aromatic heterocycles. The van der Waals surface area contributed by atoms with Gasteiger partial charge in [0, 0.05) is 12.0 Å². The van der Waals surface area contributed by atoms with Crippen LogP contribution in [0.3, 0.4) is 0 Å². The highest BCUT2D eigenvalue weighted by Crippen LogP contribution is 2.46. The average molecular weight is 557 g/mol. The van der Waals surface area contributed by atoms with E-state index < -0.39 is 17.4 Å². The van der Waals surface area contributed by atoms with Crippen molar-refractivity contribution in [1.82, 2.24) is 4.90 Å². The number of allylic oxidation sites excluding steroid dienone is 3. The molecule has 4 rings (SSSR count). The summed E-state index contributed by atoms with van der Waals surface area (Å²) in [5, 5.41) is 0. The highest BCUT2D eigenvalue weighted by molar-refractivity contribution is 6.46. The van der Waals surface area contributed by atoms with Crippen molar-refractivity contribution in [2.24, 2.45) is 16.8 Å². The molecule has 0 saturated heterocycles. The second-order valence-electron chi connectivity index (χ2n) is 12.0. The predicted molar refractivity (Wildman–Crippen MR) is 153 cm³/mol. The van der Waals surface area contributed by atoms with Crippen LogP contribution in [0.1, 0.15) is 109 Å². The van der Waals surface area contributed by atoms with Crippen LogP contribution in [-0.2, 0) is 15.8 Å². The zero-order chi connectivity index (χ0) is 29.1. The first kappa shape index (κ1) is 30.3. The Balaban J connectivity index is 1.72. The van der Waals surface area contributed by atoms with Gasteiger partial charge in [0.2, 0.25) is 0 Å². The molecule has 0 radical (unpaired) electrons. The molecular formula is C33H43F3N2O2. The fourth-order valence-electron chi connectivity index (χ4n) is 6.61. The number of rotatable bonds is 10. The molecule has 4 nitrogen and oxygen atoms in total. The number of alkyl halides is 3. The average Bonchev–Trinajstić information content (AvgIpc) is 3.21. The largest absolute Gasteiger partial charge is 0.416 e. The number of benzene rings is 1. The van der Waals surface area contributed by atoms with Crippen LogP contribution in [0.5, 0.6) is 0 Å². The highest BCUT2D eigenvalue weighted by atomic mass is 19.4. The Labute approximate surface area is 236 Å². The van der Waals surface area contributed by atoms with Gasteiger partial charge in [0.05, 0.1) is 11.6 Å². The van der Waals surface area contributed by atoms with Gasteiger partial charge in [-0.15, -0.1) is 0 Å². The van der Waals surface area contributed by atoms with Gasteiger partial charge in [0.15, 0.2) is 5.78 Å². The van der Waals surface area contributed by atoms with Crippen molar-refractivity contribution in [3.8, 4) is 0 Å². The van der Waals surface area contributed by atoms with Crippen molar-refractivity contribution < 1.29 is 22.8 Å². The lowest BCUT2D eigenvalue weighted by Gasteiger charge is -2.46. The molecule has 1 saturated carbocycles. The lowest BCUT2D eigenvalue weighted by atomic mass is 9.75. The third kappa shape index (κ3) is 6.28. The van der Waals surface area contributed by atoms with E-state index in [2.05, 4.69) is 27.7 Å². The van der Waals surface area contributed by atoms with E-state index in [-0.39, 0.29) is 29.0 Å². The first-order valence-corrected chi connectivity index (χ1v) is 15.0. The molecular weight excluding hydrogens is 513 g/mol. The molecule has 0 bridgehead atoms. The smallest absolute Gasteiger partial charge is 0.306 e. The van der Waals surface area contributed by atoms with Crippen LogP contribution in [0, 0.1) is 11.8 Å². The molecule has 1 aliphatic heterocycles. The molecule has 7 heteroatoms. The van der Waals surface area contributed by atoms with Gasteiger partial charge in [-0.25, -0.2) is 0 Å². The summed E-state index contributed by atoms with van der Waals surface area (Å²) in [6, 6.07) is 4.80. The highest BCUT2D eigenvalue weighted by Gasteiger charge is 2.52. The molecule has 1 unspecified atom stereocenters. The maximum absolute atomic E-state index is 14.2. The van der Waals surface area contributed by atoms with E-state index in [9.17, 15) is 22.8 Å². The lowest BCUT2D eigenvalue weighted by molar-refractivity contribution is -0.137. The van der Waals surface area contributed by atoms with Gasteiger partial charge in [-0.3, -0.25) is 14.6 Å². The fraction of sp³-hybridized carbons (Fsp3) is 0.606. The summed E-state index contributed by atoms with van der Waals surface area (Å²) in [6.45, 7) is 8.60. The van der Waals surface area contributed by atoms with E-state index in [0.29, 0.717) is 43.9 Å². The van der Waals surface area contributed by atoms with E-state index in [1.165, 1.54) is 6.07 Å². The van der Waals surface area contributed by atoms with Crippen molar-refractivity contribution in [3.63, 3.8) is 0 Å². The monoisotopic (exact) mass is 556 g/mol. The maximum atomic E-state index is 14.2. The Morgan fingerprint density at radius 2 is 1.82 bits per heavy atom. The van der Waals surface area contributed by atoms with Crippen LogP contribution >= 0.6 is 0 Å². The summed E-state index contributed by atoms with van der Waals surface area (Å²) in [7, 11) is 0. The van der Waals surface area contributed by atoms with Crippen LogP contribution < -0.4 is 0 Å². The molecule has 1 spiro atoms. The summed E-state index contributed by atoms with van der Waals surface area (Å²) < 4.78 is 40.7. The molecule has 0 N–H and O–H groups in total. The van der Waals surface area contributed by atoms with E-state index in [1.54, 1.807) is 6.07 Å². The molecule has 1 fully saturated rings. The summed E-state index contributed by atoms with van der Waals surface area (Å²) >= 11 is 0. The molecule has 1 aromatic carbocycles. The number of Topliss-reactive ketones (excluding diaryl/α,β-unsaturated/α-hetero) is 1. The van der Waals surface area contributed by atoms with E-state index in [1.807, 2.05) is 17.1 Å². The fourth-order valence-corrected chi connectivity index (χ4v) is 6.61. The van der Waals surface area contributed by atoms with Crippen LogP contribution in [0.2, 0.25) is 0 Å². The van der Waals surface area contributed by atoms with Crippen molar-refractivity contribution in [1.29, 1.82) is 0 Å². The Kier molecular flexibility index (Phi) is 9.41. The molecule has 3 aliphatic rings. The number of carbonyl (C=O) groups excluding carboxylic acids is 2. The van der Waals surface area contributed by atoms with Gasteiger partial charge in [-0.2, -0.15) is 13.2 Å². The maximum Gasteiger partial charge on any atom is 0.416 e. The van der Waals surface area contributed by atoms with Gasteiger partial charge in [-0.05, 0) is 86.5 Å². The normalized spacial score (nSPS) is 24.3. The van der Waals surface area contributed by atoms with Crippen LogP contribution in [0.15, 0.2) is 52.6 Å². The lowest BCUT2D eigenvalue weighted by Crippen LogP contribution is -2.55. The summed E-state index contributed by atoms with van der Waals surface area (Å²) in [6.07, 6.45) is 8.06. The Morgan fingerprint density at radius 3 is 2.40 bits per heavy atom. The van der Waals surface area contributed by atoms with Gasteiger partial charge < -0.3 is 4.90 Å². The minimum Gasteiger partial charge on any atom is -0.306 e. The standard InChI is InChI=1S/C33H43F3N2O2/c1-5-7-12-29(39)25-15-13-24(14-16-25)28(9-6-2)38-31(40)30(26-10-8-11-27(21-26)33(34,35)36)37-32(38)19-17-23(18-20-32)22(3)4/h8,10-11,13,15,21-23,28H,5-7,9,12,14,16-20H2,1-4H3. The number of hydrogen-bond acceptors (Lipinski definition) is 3. The quantitative estimate of drug-likeness (QED) is 0.290. The zero-order valence-corrected chi connectivity index (χ0v) is 24.3. The van der Waals surface area contributed by atoms with Gasteiger partial charge in [0.25, 0.3) is 5.91 Å². The van der Waals surface area contributed by atoms with Crippen molar-refractivity contribution >= 4 is 17.4 Å². The molecule has 218 valence electrons. The topological polar surface area (TPSA) is 49.7 Å². The number of nitrogens with zero attached hydrogens (tertiary/aromatic N) is 2. The Hall–Kier alpha value is -2.70. The van der Waals surface area contributed by atoms with Crippen LogP contribution in [0.4, 0.5) is 13.2 Å². The predicted octanol–water partition coefficient (Wildman–Crippen LogP) is 8.45. The zero-order valence-electron chi connectivity index (χ0n) is 24.3. The molecule has 2 aliphatic carbocycles. The number of aliphatic imine (C=N–C) groups is 1. The third-order valence-corrected chi connectivity index (χ3v) is 9.03. The number of ketones is 1. The number of halogens is 3. The van der Waals surface area contributed by atoms with E-state index in [0.717, 1.165) is 61.8 Å². The number of carbonyl (C=O) groups is 2. The third-order valence-electron chi connectivity index (χ3n) is 9.03. The van der Waals surface area contributed by atoms with Crippen molar-refractivity contribution in [3.05, 3.63) is 58.7 Å². The minimum atomic E-state index is -4.50. The van der Waals surface area contributed by atoms with Crippen LogP contribution in [-0.4, -0.2) is 34.0 Å². The van der Waals surface area contributed by atoms with Gasteiger partial charge in [0.1, 0.15) is 11.4 Å². The summed E-state index contributed by atoms with van der Waals surface area (Å²) in [5.74, 6) is 0.972. The number of hydrogen-bond donors (Lipinski definition) is 0. The Morgan fingerprint density at radius 1 is 1.10 bits per heavy atom. The molecule has 1 atom stereocenters. The molecule has 1 amide bonds. The van der Waals surface area contributed by atoms with E-state index >= 15 is 0 Å². The summed E-state index contributed by atoms with van der Waals surface area (Å²) in [4.78, 5) is 33.8. The van der Waals surface area contributed by atoms with E-state index in [4.69, 9.17) is 4.99 Å². The molecule has 1 heterocycles. The summed E-state index contributed by atoms with van der Waals surface area (Å²) in [5.41, 5.74) is 0.776. The minimum absolute atomic E-state index is 0.137. The first-order chi connectivity index (χ1) is 19.0. The molecule has 40 heavy (non-hydrogen) atoms. The Bertz CT molecular complexity index is 1190. The van der Waals surface area contributed by atoms with Crippen molar-refractivity contribution in [2.45, 2.75) is 116 Å². The second-order valence-corrected chi connectivity index (χ2v) is 12.0. The van der Waals surface area contributed by atoms with Gasteiger partial charge in [-0.1, -0.05) is 64.8 Å². The van der Waals surface area contributed by atoms with Gasteiger partial charge >= 0.3 is 6.18 Å². The second kappa shape index (κ2) is 12.4. The number of unbranched alkanes of at least 4 members (excludes halogenated alkanes) is 1.